The number of carbonyl (C=O) groups excluding carboxylic acids is 1. The van der Waals surface area contributed by atoms with Crippen molar-refractivity contribution in [1.82, 2.24) is 19.8 Å². The Kier molecular flexibility index (Phi) is 5.90. The van der Waals surface area contributed by atoms with Gasteiger partial charge in [-0.05, 0) is 36.5 Å². The first kappa shape index (κ1) is 19.6. The number of piperazine rings is 1. The second-order valence-corrected chi connectivity index (χ2v) is 8.07. The Morgan fingerprint density at radius 1 is 1.07 bits per heavy atom. The fraction of sp³-hybridized carbons (Fsp3) is 0.435. The molecule has 0 N–H and O–H groups in total. The van der Waals surface area contributed by atoms with Crippen LogP contribution in [0.25, 0.3) is 6.08 Å². The van der Waals surface area contributed by atoms with Crippen molar-refractivity contribution in [2.75, 3.05) is 45.2 Å². The third-order valence-corrected chi connectivity index (χ3v) is 5.94. The van der Waals surface area contributed by atoms with Gasteiger partial charge in [0.25, 0.3) is 0 Å². The van der Waals surface area contributed by atoms with E-state index in [0.29, 0.717) is 12.0 Å². The van der Waals surface area contributed by atoms with Gasteiger partial charge in [-0.2, -0.15) is 0 Å². The number of hydrogen-bond donors (Lipinski definition) is 0. The van der Waals surface area contributed by atoms with Crippen molar-refractivity contribution in [3.63, 3.8) is 0 Å². The van der Waals surface area contributed by atoms with E-state index in [1.165, 1.54) is 17.5 Å². The molecule has 0 radical (unpaired) electrons. The summed E-state index contributed by atoms with van der Waals surface area (Å²) in [6.07, 6.45) is 10.4. The zero-order valence-corrected chi connectivity index (χ0v) is 17.3. The molecule has 1 amide bonds. The Morgan fingerprint density at radius 2 is 1.76 bits per heavy atom. The van der Waals surface area contributed by atoms with Crippen LogP contribution < -0.4 is 4.90 Å². The minimum atomic E-state index is 0.0651. The Labute approximate surface area is 172 Å². The van der Waals surface area contributed by atoms with Crippen molar-refractivity contribution in [3.05, 3.63) is 59.4 Å². The van der Waals surface area contributed by atoms with Gasteiger partial charge in [-0.1, -0.05) is 24.3 Å². The largest absolute Gasteiger partial charge is 0.347 e. The number of rotatable bonds is 4. The molecule has 1 unspecified atom stereocenters. The van der Waals surface area contributed by atoms with Crippen LogP contribution in [-0.2, 0) is 17.6 Å². The number of nitrogens with zero attached hydrogens (tertiary/aromatic N) is 5. The molecule has 4 rings (SSSR count). The van der Waals surface area contributed by atoms with Crippen LogP contribution >= 0.6 is 0 Å². The van der Waals surface area contributed by atoms with E-state index < -0.39 is 0 Å². The van der Waals surface area contributed by atoms with Crippen molar-refractivity contribution >= 4 is 17.9 Å². The highest BCUT2D eigenvalue weighted by Crippen LogP contribution is 2.25. The van der Waals surface area contributed by atoms with E-state index in [0.717, 1.165) is 44.6 Å². The summed E-state index contributed by atoms with van der Waals surface area (Å²) >= 11 is 0. The predicted octanol–water partition coefficient (Wildman–Crippen LogP) is 2.26. The van der Waals surface area contributed by atoms with Gasteiger partial charge in [0, 0.05) is 70.3 Å². The second kappa shape index (κ2) is 8.74. The topological polar surface area (TPSA) is 52.6 Å². The smallest absolute Gasteiger partial charge is 0.246 e. The highest BCUT2D eigenvalue weighted by Gasteiger charge is 2.28. The number of aryl methyl sites for hydroxylation is 1. The van der Waals surface area contributed by atoms with Crippen LogP contribution in [0, 0.1) is 0 Å². The predicted molar refractivity (Wildman–Crippen MR) is 116 cm³/mol. The Morgan fingerprint density at radius 3 is 2.45 bits per heavy atom. The summed E-state index contributed by atoms with van der Waals surface area (Å²) in [5.41, 5.74) is 3.83. The number of amides is 1. The van der Waals surface area contributed by atoms with E-state index in [2.05, 4.69) is 39.1 Å². The fourth-order valence-corrected chi connectivity index (χ4v) is 4.22. The quantitative estimate of drug-likeness (QED) is 0.749. The molecule has 1 aliphatic carbocycles. The first-order valence-electron chi connectivity index (χ1n) is 10.4. The van der Waals surface area contributed by atoms with Gasteiger partial charge in [0.1, 0.15) is 0 Å². The molecule has 1 fully saturated rings. The van der Waals surface area contributed by atoms with Gasteiger partial charge in [0.2, 0.25) is 11.9 Å². The maximum Gasteiger partial charge on any atom is 0.246 e. The van der Waals surface area contributed by atoms with Gasteiger partial charge in [-0.15, -0.1) is 0 Å². The third kappa shape index (κ3) is 4.65. The van der Waals surface area contributed by atoms with Crippen molar-refractivity contribution in [2.24, 2.45) is 0 Å². The normalized spacial score (nSPS) is 19.9. The standard InChI is InChI=1S/C23H29N5O/c1-26(2)23-24-16-18(17-25-23)7-10-22(29)28-13-11-27(12-14-28)21-9-8-19-5-3-4-6-20(19)15-21/h3-7,10,16-17,21H,8-9,11-15H2,1-2H3. The molecule has 0 saturated carbocycles. The molecule has 2 heterocycles. The Hall–Kier alpha value is -2.73. The first-order valence-corrected chi connectivity index (χ1v) is 10.4. The van der Waals surface area contributed by atoms with Crippen LogP contribution in [0.4, 0.5) is 5.95 Å². The van der Waals surface area contributed by atoms with Gasteiger partial charge in [-0.3, -0.25) is 9.69 Å². The summed E-state index contributed by atoms with van der Waals surface area (Å²) in [4.78, 5) is 27.5. The van der Waals surface area contributed by atoms with Crippen molar-refractivity contribution in [3.8, 4) is 0 Å². The number of hydrogen-bond acceptors (Lipinski definition) is 5. The van der Waals surface area contributed by atoms with Crippen LogP contribution in [0.3, 0.4) is 0 Å². The number of benzene rings is 1. The summed E-state index contributed by atoms with van der Waals surface area (Å²) in [5, 5.41) is 0. The molecule has 29 heavy (non-hydrogen) atoms. The lowest BCUT2D eigenvalue weighted by atomic mass is 9.87. The van der Waals surface area contributed by atoms with Gasteiger partial charge < -0.3 is 9.80 Å². The van der Waals surface area contributed by atoms with Crippen molar-refractivity contribution < 1.29 is 4.79 Å². The number of fused-ring (bicyclic) bond motifs is 1. The molecular formula is C23H29N5O. The minimum absolute atomic E-state index is 0.0651. The van der Waals surface area contributed by atoms with Gasteiger partial charge in [0.05, 0.1) is 0 Å². The van der Waals surface area contributed by atoms with Gasteiger partial charge in [0.15, 0.2) is 0 Å². The maximum atomic E-state index is 12.6. The van der Waals surface area contributed by atoms with Crippen LogP contribution in [-0.4, -0.2) is 72.0 Å². The average molecular weight is 392 g/mol. The molecule has 1 aromatic heterocycles. The summed E-state index contributed by atoms with van der Waals surface area (Å²) in [6.45, 7) is 3.48. The van der Waals surface area contributed by atoms with Crippen LogP contribution in [0.1, 0.15) is 23.1 Å². The van der Waals surface area contributed by atoms with Gasteiger partial charge >= 0.3 is 0 Å². The highest BCUT2D eigenvalue weighted by atomic mass is 16.2. The van der Waals surface area contributed by atoms with E-state index >= 15 is 0 Å². The number of anilines is 1. The first-order chi connectivity index (χ1) is 14.1. The average Bonchev–Trinajstić information content (AvgIpc) is 2.77. The van der Waals surface area contributed by atoms with E-state index in [4.69, 9.17) is 0 Å². The lowest BCUT2D eigenvalue weighted by molar-refractivity contribution is -0.128. The highest BCUT2D eigenvalue weighted by molar-refractivity contribution is 5.91. The molecule has 2 aromatic rings. The van der Waals surface area contributed by atoms with Gasteiger partial charge in [-0.25, -0.2) is 9.97 Å². The summed E-state index contributed by atoms with van der Waals surface area (Å²) in [6, 6.07) is 9.40. The van der Waals surface area contributed by atoms with Crippen LogP contribution in [0.2, 0.25) is 0 Å². The van der Waals surface area contributed by atoms with Crippen molar-refractivity contribution in [2.45, 2.75) is 25.3 Å². The summed E-state index contributed by atoms with van der Waals surface area (Å²) in [5.74, 6) is 0.727. The van der Waals surface area contributed by atoms with E-state index in [1.807, 2.05) is 23.9 Å². The van der Waals surface area contributed by atoms with E-state index in [9.17, 15) is 4.79 Å². The molecule has 1 atom stereocenters. The fourth-order valence-electron chi connectivity index (χ4n) is 4.22. The molecule has 0 bridgehead atoms. The van der Waals surface area contributed by atoms with E-state index in [-0.39, 0.29) is 5.91 Å². The summed E-state index contributed by atoms with van der Waals surface area (Å²) in [7, 11) is 3.81. The second-order valence-electron chi connectivity index (χ2n) is 8.07. The number of aromatic nitrogens is 2. The lowest BCUT2D eigenvalue weighted by Gasteiger charge is -2.40. The monoisotopic (exact) mass is 391 g/mol. The SMILES string of the molecule is CN(C)c1ncc(C=CC(=O)N2CCN(C3CCc4ccccc4C3)CC2)cn1. The molecule has 0 spiro atoms. The molecule has 2 aliphatic rings. The molecule has 6 heteroatoms. The molecule has 6 nitrogen and oxygen atoms in total. The molecule has 1 aromatic carbocycles. The number of carbonyl (C=O) groups is 1. The maximum absolute atomic E-state index is 12.6. The zero-order valence-electron chi connectivity index (χ0n) is 17.3. The lowest BCUT2D eigenvalue weighted by Crippen LogP contribution is -2.52. The third-order valence-electron chi connectivity index (χ3n) is 5.94. The molecular weight excluding hydrogens is 362 g/mol. The molecule has 152 valence electrons. The van der Waals surface area contributed by atoms with E-state index in [1.54, 1.807) is 24.5 Å². The molecule has 1 saturated heterocycles. The summed E-state index contributed by atoms with van der Waals surface area (Å²) < 4.78 is 0. The van der Waals surface area contributed by atoms with Crippen molar-refractivity contribution in [1.29, 1.82) is 0 Å². The molecule has 1 aliphatic heterocycles. The zero-order chi connectivity index (χ0) is 20.2. The minimum Gasteiger partial charge on any atom is -0.347 e. The van der Waals surface area contributed by atoms with Crippen LogP contribution in [0.5, 0.6) is 0 Å². The van der Waals surface area contributed by atoms with Crippen LogP contribution in [0.15, 0.2) is 42.7 Å². The Bertz CT molecular complexity index is 869. The Balaban J connectivity index is 1.28.